The SMILES string of the molecule is Fc1ccccc1CCNCc1cc(Cl)ccc1OCc1ccccc1Cl. The molecule has 0 unspecified atom stereocenters. The van der Waals surface area contributed by atoms with Gasteiger partial charge in [0.1, 0.15) is 18.2 Å². The van der Waals surface area contributed by atoms with Crippen LogP contribution in [0.25, 0.3) is 0 Å². The van der Waals surface area contributed by atoms with Crippen molar-refractivity contribution in [2.24, 2.45) is 0 Å². The molecule has 3 aromatic rings. The van der Waals surface area contributed by atoms with Gasteiger partial charge in [-0.15, -0.1) is 0 Å². The third-order valence-corrected chi connectivity index (χ3v) is 4.81. The third-order valence-electron chi connectivity index (χ3n) is 4.21. The molecule has 0 aliphatic heterocycles. The maximum atomic E-state index is 13.7. The van der Waals surface area contributed by atoms with Crippen LogP contribution in [0.5, 0.6) is 5.75 Å². The summed E-state index contributed by atoms with van der Waals surface area (Å²) in [6.45, 7) is 1.60. The Morgan fingerprint density at radius 1 is 0.852 bits per heavy atom. The van der Waals surface area contributed by atoms with Crippen LogP contribution in [0.15, 0.2) is 66.7 Å². The number of halogens is 3. The fourth-order valence-corrected chi connectivity index (χ4v) is 3.13. The lowest BCUT2D eigenvalue weighted by atomic mass is 10.1. The maximum absolute atomic E-state index is 13.7. The Bertz CT molecular complexity index is 901. The second kappa shape index (κ2) is 9.75. The van der Waals surface area contributed by atoms with Crippen LogP contribution in [-0.4, -0.2) is 6.54 Å². The van der Waals surface area contributed by atoms with Crippen LogP contribution >= 0.6 is 23.2 Å². The van der Waals surface area contributed by atoms with Crippen molar-refractivity contribution in [3.05, 3.63) is 99.3 Å². The summed E-state index contributed by atoms with van der Waals surface area (Å²) in [6.07, 6.45) is 0.614. The highest BCUT2D eigenvalue weighted by Gasteiger charge is 2.07. The van der Waals surface area contributed by atoms with Crippen LogP contribution in [-0.2, 0) is 19.6 Å². The summed E-state index contributed by atoms with van der Waals surface area (Å²) in [4.78, 5) is 0. The van der Waals surface area contributed by atoms with Crippen LogP contribution < -0.4 is 10.1 Å². The molecule has 0 heterocycles. The van der Waals surface area contributed by atoms with Gasteiger partial charge in [-0.25, -0.2) is 4.39 Å². The van der Waals surface area contributed by atoms with E-state index in [-0.39, 0.29) is 5.82 Å². The molecule has 0 aliphatic rings. The highest BCUT2D eigenvalue weighted by molar-refractivity contribution is 6.31. The van der Waals surface area contributed by atoms with E-state index in [1.807, 2.05) is 42.5 Å². The topological polar surface area (TPSA) is 21.3 Å². The molecule has 3 rings (SSSR count). The number of hydrogen-bond donors (Lipinski definition) is 1. The predicted octanol–water partition coefficient (Wildman–Crippen LogP) is 6.04. The number of ether oxygens (including phenoxy) is 1. The summed E-state index contributed by atoms with van der Waals surface area (Å²) < 4.78 is 19.6. The van der Waals surface area contributed by atoms with Gasteiger partial charge in [0.15, 0.2) is 0 Å². The van der Waals surface area contributed by atoms with E-state index in [9.17, 15) is 4.39 Å². The van der Waals surface area contributed by atoms with E-state index in [0.29, 0.717) is 41.7 Å². The van der Waals surface area contributed by atoms with Gasteiger partial charge in [-0.3, -0.25) is 0 Å². The van der Waals surface area contributed by atoms with E-state index < -0.39 is 0 Å². The Morgan fingerprint density at radius 3 is 2.37 bits per heavy atom. The molecule has 3 aromatic carbocycles. The van der Waals surface area contributed by atoms with Crippen molar-refractivity contribution < 1.29 is 9.13 Å². The second-order valence-corrected chi connectivity index (χ2v) is 6.99. The number of hydrogen-bond acceptors (Lipinski definition) is 2. The molecular formula is C22H20Cl2FNO. The molecule has 0 saturated heterocycles. The molecular weight excluding hydrogens is 384 g/mol. The van der Waals surface area contributed by atoms with Gasteiger partial charge in [0.05, 0.1) is 0 Å². The summed E-state index contributed by atoms with van der Waals surface area (Å²) in [5.41, 5.74) is 2.57. The van der Waals surface area contributed by atoms with Crippen molar-refractivity contribution in [2.75, 3.05) is 6.54 Å². The highest BCUT2D eigenvalue weighted by Crippen LogP contribution is 2.25. The predicted molar refractivity (Wildman–Crippen MR) is 109 cm³/mol. The van der Waals surface area contributed by atoms with Crippen molar-refractivity contribution in [3.8, 4) is 5.75 Å². The molecule has 5 heteroatoms. The minimum Gasteiger partial charge on any atom is -0.489 e. The highest BCUT2D eigenvalue weighted by atomic mass is 35.5. The first-order chi connectivity index (χ1) is 13.1. The Hall–Kier alpha value is -2.07. The molecule has 140 valence electrons. The fraction of sp³-hybridized carbons (Fsp3) is 0.182. The maximum Gasteiger partial charge on any atom is 0.126 e. The van der Waals surface area contributed by atoms with E-state index in [0.717, 1.165) is 16.9 Å². The lowest BCUT2D eigenvalue weighted by Gasteiger charge is -2.14. The Labute approximate surface area is 168 Å². The van der Waals surface area contributed by atoms with Gasteiger partial charge in [-0.2, -0.15) is 0 Å². The van der Waals surface area contributed by atoms with Crippen LogP contribution in [0.2, 0.25) is 10.0 Å². The quantitative estimate of drug-likeness (QED) is 0.462. The van der Waals surface area contributed by atoms with Crippen LogP contribution in [0.3, 0.4) is 0 Å². The lowest BCUT2D eigenvalue weighted by molar-refractivity contribution is 0.302. The van der Waals surface area contributed by atoms with E-state index in [1.165, 1.54) is 6.07 Å². The number of rotatable bonds is 8. The zero-order valence-electron chi connectivity index (χ0n) is 14.7. The molecule has 0 radical (unpaired) electrons. The monoisotopic (exact) mass is 403 g/mol. The van der Waals surface area contributed by atoms with E-state index in [4.69, 9.17) is 27.9 Å². The first-order valence-corrected chi connectivity index (χ1v) is 9.48. The van der Waals surface area contributed by atoms with Gasteiger partial charge in [0, 0.05) is 27.7 Å². The summed E-state index contributed by atoms with van der Waals surface area (Å²) >= 11 is 12.3. The normalized spacial score (nSPS) is 10.8. The first-order valence-electron chi connectivity index (χ1n) is 8.72. The molecule has 0 saturated carbocycles. The van der Waals surface area contributed by atoms with Gasteiger partial charge in [0.25, 0.3) is 0 Å². The van der Waals surface area contributed by atoms with Crippen LogP contribution in [0.1, 0.15) is 16.7 Å². The molecule has 2 nitrogen and oxygen atoms in total. The summed E-state index contributed by atoms with van der Waals surface area (Å²) in [6, 6.07) is 19.9. The molecule has 0 amide bonds. The van der Waals surface area contributed by atoms with Gasteiger partial charge >= 0.3 is 0 Å². The molecule has 0 spiro atoms. The Morgan fingerprint density at radius 2 is 1.59 bits per heavy atom. The minimum atomic E-state index is -0.175. The summed E-state index contributed by atoms with van der Waals surface area (Å²) in [5, 5.41) is 4.64. The van der Waals surface area contributed by atoms with Crippen molar-refractivity contribution >= 4 is 23.2 Å². The fourth-order valence-electron chi connectivity index (χ4n) is 2.75. The van der Waals surface area contributed by atoms with Crippen LogP contribution in [0.4, 0.5) is 4.39 Å². The van der Waals surface area contributed by atoms with E-state index in [1.54, 1.807) is 18.2 Å². The zero-order chi connectivity index (χ0) is 19.1. The minimum absolute atomic E-state index is 0.175. The number of nitrogens with one attached hydrogen (secondary N) is 1. The Balaban J connectivity index is 1.59. The molecule has 0 atom stereocenters. The lowest BCUT2D eigenvalue weighted by Crippen LogP contribution is -2.17. The van der Waals surface area contributed by atoms with E-state index in [2.05, 4.69) is 5.32 Å². The van der Waals surface area contributed by atoms with Gasteiger partial charge in [0.2, 0.25) is 0 Å². The van der Waals surface area contributed by atoms with Crippen molar-refractivity contribution in [3.63, 3.8) is 0 Å². The zero-order valence-corrected chi connectivity index (χ0v) is 16.2. The van der Waals surface area contributed by atoms with E-state index >= 15 is 0 Å². The standard InChI is InChI=1S/C22H20Cl2FNO/c23-19-9-10-22(27-15-17-6-1-3-7-20(17)24)18(13-19)14-26-12-11-16-5-2-4-8-21(16)25/h1-10,13,26H,11-12,14-15H2. The van der Waals surface area contributed by atoms with Crippen molar-refractivity contribution in [1.29, 1.82) is 0 Å². The summed E-state index contributed by atoms with van der Waals surface area (Å²) in [7, 11) is 0. The molecule has 27 heavy (non-hydrogen) atoms. The average Bonchev–Trinajstić information content (AvgIpc) is 2.67. The third kappa shape index (κ3) is 5.70. The number of benzene rings is 3. The second-order valence-electron chi connectivity index (χ2n) is 6.15. The first kappa shape index (κ1) is 19.7. The van der Waals surface area contributed by atoms with Gasteiger partial charge < -0.3 is 10.1 Å². The van der Waals surface area contributed by atoms with Gasteiger partial charge in [-0.1, -0.05) is 59.6 Å². The average molecular weight is 404 g/mol. The molecule has 0 aromatic heterocycles. The molecule has 1 N–H and O–H groups in total. The molecule has 0 bridgehead atoms. The smallest absolute Gasteiger partial charge is 0.126 e. The van der Waals surface area contributed by atoms with Gasteiger partial charge in [-0.05, 0) is 48.9 Å². The molecule has 0 aliphatic carbocycles. The van der Waals surface area contributed by atoms with Crippen LogP contribution in [0, 0.1) is 5.82 Å². The largest absolute Gasteiger partial charge is 0.489 e. The Kier molecular flexibility index (Phi) is 7.11. The summed E-state index contributed by atoms with van der Waals surface area (Å²) in [5.74, 6) is 0.573. The van der Waals surface area contributed by atoms with Crippen molar-refractivity contribution in [1.82, 2.24) is 5.32 Å². The molecule has 0 fully saturated rings. The van der Waals surface area contributed by atoms with Crippen molar-refractivity contribution in [2.45, 2.75) is 19.6 Å².